The Labute approximate surface area is 153 Å². The maximum atomic E-state index is 12.6. The number of nitrogens with zero attached hydrogens (tertiary/aromatic N) is 2. The van der Waals surface area contributed by atoms with Gasteiger partial charge in [-0.15, -0.1) is 0 Å². The number of carbonyl (C=O) groups excluding carboxylic acids is 2. The molecule has 1 aliphatic heterocycles. The molecule has 1 heterocycles. The fourth-order valence-corrected chi connectivity index (χ4v) is 2.99. The molecular formula is C20H23N3O3. The van der Waals surface area contributed by atoms with Crippen molar-refractivity contribution in [3.63, 3.8) is 0 Å². The first kappa shape index (κ1) is 17.9. The standard InChI is InChI=1S/C20H23N3O3/c1-16(24)23(17-7-3-2-4-8-17)15-20(25)21-18-9-5-6-10-19(18)22-11-13-26-14-12-22/h2-10H,11-15H2,1H3,(H,21,25). The van der Waals surface area contributed by atoms with Crippen molar-refractivity contribution in [2.24, 2.45) is 0 Å². The van der Waals surface area contributed by atoms with E-state index in [1.165, 1.54) is 11.8 Å². The van der Waals surface area contributed by atoms with E-state index in [4.69, 9.17) is 4.74 Å². The Morgan fingerprint density at radius 3 is 2.38 bits per heavy atom. The van der Waals surface area contributed by atoms with Crippen LogP contribution in [-0.4, -0.2) is 44.7 Å². The summed E-state index contributed by atoms with van der Waals surface area (Å²) in [4.78, 5) is 28.2. The molecule has 2 aromatic carbocycles. The second kappa shape index (κ2) is 8.49. The van der Waals surface area contributed by atoms with Crippen LogP contribution in [0.4, 0.5) is 17.1 Å². The summed E-state index contributed by atoms with van der Waals surface area (Å²) < 4.78 is 5.40. The quantitative estimate of drug-likeness (QED) is 0.897. The zero-order valence-electron chi connectivity index (χ0n) is 14.9. The van der Waals surface area contributed by atoms with Crippen molar-refractivity contribution in [2.45, 2.75) is 6.92 Å². The molecule has 26 heavy (non-hydrogen) atoms. The predicted molar refractivity (Wildman–Crippen MR) is 103 cm³/mol. The SMILES string of the molecule is CC(=O)N(CC(=O)Nc1ccccc1N1CCOCC1)c1ccccc1. The van der Waals surface area contributed by atoms with E-state index in [1.54, 1.807) is 0 Å². The summed E-state index contributed by atoms with van der Waals surface area (Å²) in [7, 11) is 0. The van der Waals surface area contributed by atoms with Crippen molar-refractivity contribution in [1.82, 2.24) is 0 Å². The van der Waals surface area contributed by atoms with Gasteiger partial charge in [0.15, 0.2) is 0 Å². The number of rotatable bonds is 5. The van der Waals surface area contributed by atoms with Crippen LogP contribution in [0.3, 0.4) is 0 Å². The van der Waals surface area contributed by atoms with Gasteiger partial charge in [0.2, 0.25) is 11.8 Å². The van der Waals surface area contributed by atoms with Gasteiger partial charge in [-0.1, -0.05) is 30.3 Å². The molecule has 6 heteroatoms. The van der Waals surface area contributed by atoms with Crippen molar-refractivity contribution >= 4 is 28.9 Å². The Balaban J connectivity index is 1.72. The van der Waals surface area contributed by atoms with Crippen molar-refractivity contribution < 1.29 is 14.3 Å². The number of anilines is 3. The number of morpholine rings is 1. The van der Waals surface area contributed by atoms with E-state index >= 15 is 0 Å². The predicted octanol–water partition coefficient (Wildman–Crippen LogP) is 2.51. The van der Waals surface area contributed by atoms with Gasteiger partial charge in [0.05, 0.1) is 24.6 Å². The summed E-state index contributed by atoms with van der Waals surface area (Å²) in [6, 6.07) is 16.9. The second-order valence-corrected chi connectivity index (χ2v) is 6.11. The molecule has 2 amide bonds. The summed E-state index contributed by atoms with van der Waals surface area (Å²) in [5.41, 5.74) is 2.42. The summed E-state index contributed by atoms with van der Waals surface area (Å²) in [6.07, 6.45) is 0. The highest BCUT2D eigenvalue weighted by Gasteiger charge is 2.18. The molecule has 0 bridgehead atoms. The van der Waals surface area contributed by atoms with E-state index in [0.29, 0.717) is 18.9 Å². The highest BCUT2D eigenvalue weighted by Crippen LogP contribution is 2.26. The number of benzene rings is 2. The van der Waals surface area contributed by atoms with Crippen molar-refractivity contribution in [1.29, 1.82) is 0 Å². The Hall–Kier alpha value is -2.86. The average Bonchev–Trinajstić information content (AvgIpc) is 2.68. The summed E-state index contributed by atoms with van der Waals surface area (Å²) in [6.45, 7) is 4.36. The lowest BCUT2D eigenvalue weighted by Crippen LogP contribution is -2.38. The molecule has 136 valence electrons. The Kier molecular flexibility index (Phi) is 5.86. The normalized spacial score (nSPS) is 14.0. The molecule has 1 saturated heterocycles. The Morgan fingerprint density at radius 2 is 1.69 bits per heavy atom. The Morgan fingerprint density at radius 1 is 1.04 bits per heavy atom. The first-order valence-corrected chi connectivity index (χ1v) is 8.70. The zero-order valence-corrected chi connectivity index (χ0v) is 14.9. The van der Waals surface area contributed by atoms with Crippen LogP contribution in [0, 0.1) is 0 Å². The minimum atomic E-state index is -0.232. The van der Waals surface area contributed by atoms with Crippen molar-refractivity contribution in [3.8, 4) is 0 Å². The van der Waals surface area contributed by atoms with Crippen LogP contribution in [0.2, 0.25) is 0 Å². The third-order valence-corrected chi connectivity index (χ3v) is 4.28. The fraction of sp³-hybridized carbons (Fsp3) is 0.300. The van der Waals surface area contributed by atoms with Crippen molar-refractivity contribution in [2.75, 3.05) is 48.0 Å². The lowest BCUT2D eigenvalue weighted by Gasteiger charge is -2.30. The smallest absolute Gasteiger partial charge is 0.244 e. The number of hydrogen-bond donors (Lipinski definition) is 1. The minimum Gasteiger partial charge on any atom is -0.378 e. The van der Waals surface area contributed by atoms with Crippen LogP contribution in [0.15, 0.2) is 54.6 Å². The number of ether oxygens (including phenoxy) is 1. The molecule has 3 rings (SSSR count). The zero-order chi connectivity index (χ0) is 18.4. The van der Waals surface area contributed by atoms with E-state index < -0.39 is 0 Å². The Bertz CT molecular complexity index is 758. The van der Waals surface area contributed by atoms with Gasteiger partial charge in [0, 0.05) is 25.7 Å². The average molecular weight is 353 g/mol. The maximum absolute atomic E-state index is 12.6. The van der Waals surface area contributed by atoms with Gasteiger partial charge in [-0.05, 0) is 24.3 Å². The van der Waals surface area contributed by atoms with Gasteiger partial charge in [-0.25, -0.2) is 0 Å². The number of hydrogen-bond acceptors (Lipinski definition) is 4. The molecule has 0 spiro atoms. The molecule has 0 atom stereocenters. The molecule has 0 aliphatic carbocycles. The van der Waals surface area contributed by atoms with Gasteiger partial charge in [-0.2, -0.15) is 0 Å². The molecule has 0 unspecified atom stereocenters. The molecule has 0 radical (unpaired) electrons. The number of carbonyl (C=O) groups is 2. The number of para-hydroxylation sites is 3. The third-order valence-electron chi connectivity index (χ3n) is 4.28. The lowest BCUT2D eigenvalue weighted by atomic mass is 10.2. The monoisotopic (exact) mass is 353 g/mol. The van der Waals surface area contributed by atoms with Gasteiger partial charge in [-0.3, -0.25) is 9.59 Å². The van der Waals surface area contributed by atoms with E-state index in [9.17, 15) is 9.59 Å². The molecule has 6 nitrogen and oxygen atoms in total. The van der Waals surface area contributed by atoms with Crippen LogP contribution in [0.5, 0.6) is 0 Å². The highest BCUT2D eigenvalue weighted by molar-refractivity contribution is 6.03. The van der Waals surface area contributed by atoms with Gasteiger partial charge < -0.3 is 19.9 Å². The van der Waals surface area contributed by atoms with E-state index in [2.05, 4.69) is 10.2 Å². The fourth-order valence-electron chi connectivity index (χ4n) is 2.99. The topological polar surface area (TPSA) is 61.9 Å². The molecule has 0 saturated carbocycles. The highest BCUT2D eigenvalue weighted by atomic mass is 16.5. The van der Waals surface area contributed by atoms with Crippen LogP contribution in [0.1, 0.15) is 6.92 Å². The number of amides is 2. The van der Waals surface area contributed by atoms with Crippen LogP contribution in [0.25, 0.3) is 0 Å². The van der Waals surface area contributed by atoms with Gasteiger partial charge in [0.25, 0.3) is 0 Å². The van der Waals surface area contributed by atoms with Gasteiger partial charge in [0.1, 0.15) is 6.54 Å². The van der Waals surface area contributed by atoms with Crippen molar-refractivity contribution in [3.05, 3.63) is 54.6 Å². The van der Waals surface area contributed by atoms with E-state index in [0.717, 1.165) is 24.5 Å². The second-order valence-electron chi connectivity index (χ2n) is 6.11. The molecule has 1 aliphatic rings. The number of nitrogens with one attached hydrogen (secondary N) is 1. The largest absolute Gasteiger partial charge is 0.378 e. The third kappa shape index (κ3) is 4.40. The summed E-state index contributed by atoms with van der Waals surface area (Å²) >= 11 is 0. The molecule has 2 aromatic rings. The molecule has 0 aromatic heterocycles. The maximum Gasteiger partial charge on any atom is 0.244 e. The van der Waals surface area contributed by atoms with E-state index in [-0.39, 0.29) is 18.4 Å². The van der Waals surface area contributed by atoms with Crippen LogP contribution < -0.4 is 15.1 Å². The molecule has 1 N–H and O–H groups in total. The minimum absolute atomic E-state index is 0.0310. The lowest BCUT2D eigenvalue weighted by molar-refractivity contribution is -0.120. The first-order valence-electron chi connectivity index (χ1n) is 8.70. The van der Waals surface area contributed by atoms with E-state index in [1.807, 2.05) is 54.6 Å². The summed E-state index contributed by atoms with van der Waals surface area (Å²) in [5, 5.41) is 2.95. The molecular weight excluding hydrogens is 330 g/mol. The first-order chi connectivity index (χ1) is 12.6. The summed E-state index contributed by atoms with van der Waals surface area (Å²) in [5.74, 6) is -0.405. The molecule has 1 fully saturated rings. The van der Waals surface area contributed by atoms with Crippen LogP contribution in [-0.2, 0) is 14.3 Å². The van der Waals surface area contributed by atoms with Crippen LogP contribution >= 0.6 is 0 Å². The van der Waals surface area contributed by atoms with Gasteiger partial charge >= 0.3 is 0 Å².